The van der Waals surface area contributed by atoms with Crippen LogP contribution in [0.25, 0.3) is 0 Å². The zero-order valence-electron chi connectivity index (χ0n) is 7.71. The van der Waals surface area contributed by atoms with Crippen LogP contribution in [0.4, 0.5) is 0 Å². The number of ether oxygens (including phenoxy) is 1. The molecule has 0 radical (unpaired) electrons. The van der Waals surface area contributed by atoms with Gasteiger partial charge in [-0.2, -0.15) is 0 Å². The lowest BCUT2D eigenvalue weighted by molar-refractivity contribution is -0.602. The molecule has 0 atom stereocenters. The van der Waals surface area contributed by atoms with E-state index in [0.717, 1.165) is 16.5 Å². The summed E-state index contributed by atoms with van der Waals surface area (Å²) < 4.78 is 8.44. The minimum absolute atomic E-state index is 0.121. The Morgan fingerprint density at radius 3 is 2.67 bits per heavy atom. The molecule has 1 aliphatic rings. The van der Waals surface area contributed by atoms with Gasteiger partial charge in [0.15, 0.2) is 11.5 Å². The number of fused-ring (bicyclic) bond motifs is 2. The van der Waals surface area contributed by atoms with E-state index in [1.54, 1.807) is 0 Å². The zero-order chi connectivity index (χ0) is 10.3. The van der Waals surface area contributed by atoms with Gasteiger partial charge in [0.05, 0.1) is 0 Å². The van der Waals surface area contributed by atoms with Crippen molar-refractivity contribution in [2.75, 3.05) is 0 Å². The molecule has 0 saturated heterocycles. The topological polar surface area (TPSA) is 9.23 Å². The van der Waals surface area contributed by atoms with E-state index in [2.05, 4.69) is 18.2 Å². The van der Waals surface area contributed by atoms with Crippen molar-refractivity contribution in [3.05, 3.63) is 54.6 Å². The van der Waals surface area contributed by atoms with E-state index < -0.39 is 0 Å². The van der Waals surface area contributed by atoms with Crippen molar-refractivity contribution in [2.45, 2.75) is 0 Å². The van der Waals surface area contributed by atoms with Gasteiger partial charge >= 0.3 is 21.2 Å². The van der Waals surface area contributed by atoms with Crippen LogP contribution < -0.4 is 25.9 Å². The van der Waals surface area contributed by atoms with Crippen molar-refractivity contribution in [3.8, 4) is 11.5 Å². The van der Waals surface area contributed by atoms with E-state index in [-0.39, 0.29) is 21.2 Å². The third-order valence-electron chi connectivity index (χ3n) is 2.15. The Balaban J connectivity index is 2.11. The van der Waals surface area contributed by atoms with Crippen LogP contribution in [0.15, 0.2) is 42.5 Å². The molecule has 1 nitrogen and oxygen atoms in total. The van der Waals surface area contributed by atoms with Gasteiger partial charge in [0.1, 0.15) is 0 Å². The van der Waals surface area contributed by atoms with Gasteiger partial charge in [-0.15, -0.1) is 0 Å². The normalized spacial score (nSPS) is 12.6. The summed E-state index contributed by atoms with van der Waals surface area (Å²) >= 11 is 5.81. The summed E-state index contributed by atoms with van der Waals surface area (Å²) in [6.45, 7) is 0. The van der Waals surface area contributed by atoms with Crippen LogP contribution in [-0.4, -0.2) is 0 Å². The lowest BCUT2D eigenvalue weighted by Crippen LogP contribution is -3.61. The standard InChI is InChI=1S/C12H7ClIO/c13-8-5-6-10-12(7-8)15-11-4-2-1-3-9(11)14-10/h1-7H/q+1. The second-order valence-corrected chi connectivity index (χ2v) is 6.50. The molecule has 1 aliphatic heterocycles. The summed E-state index contributed by atoms with van der Waals surface area (Å²) in [4.78, 5) is 0. The average Bonchev–Trinajstić information content (AvgIpc) is 2.26. The molecule has 3 heteroatoms. The number of hydrogen-bond donors (Lipinski definition) is 0. The molecule has 0 bridgehead atoms. The number of halogens is 2. The van der Waals surface area contributed by atoms with E-state index >= 15 is 0 Å². The lowest BCUT2D eigenvalue weighted by atomic mass is 10.3. The van der Waals surface area contributed by atoms with Gasteiger partial charge in [0.25, 0.3) is 0 Å². The van der Waals surface area contributed by atoms with E-state index in [0.29, 0.717) is 0 Å². The van der Waals surface area contributed by atoms with E-state index in [1.807, 2.05) is 24.3 Å². The fourth-order valence-corrected chi connectivity index (χ4v) is 4.09. The van der Waals surface area contributed by atoms with Crippen LogP contribution in [-0.2, 0) is 0 Å². The molecule has 0 amide bonds. The van der Waals surface area contributed by atoms with Crippen LogP contribution in [0.5, 0.6) is 11.5 Å². The lowest BCUT2D eigenvalue weighted by Gasteiger charge is -2.10. The molecule has 15 heavy (non-hydrogen) atoms. The van der Waals surface area contributed by atoms with Crippen molar-refractivity contribution in [2.24, 2.45) is 0 Å². The maximum atomic E-state index is 5.94. The van der Waals surface area contributed by atoms with E-state index in [9.17, 15) is 0 Å². The average molecular weight is 330 g/mol. The Hall–Kier alpha value is -0.740. The Bertz CT molecular complexity index is 525. The summed E-state index contributed by atoms with van der Waals surface area (Å²) in [5.74, 6) is 1.91. The van der Waals surface area contributed by atoms with Gasteiger partial charge in [0, 0.05) is 11.1 Å². The summed E-state index contributed by atoms with van der Waals surface area (Å²) in [7, 11) is 0. The van der Waals surface area contributed by atoms with Gasteiger partial charge in [-0.05, 0) is 24.3 Å². The fraction of sp³-hybridized carbons (Fsp3) is 0. The van der Waals surface area contributed by atoms with Crippen molar-refractivity contribution in [1.82, 2.24) is 0 Å². The fourth-order valence-electron chi connectivity index (χ4n) is 1.47. The summed E-state index contributed by atoms with van der Waals surface area (Å²) in [6, 6.07) is 14.1. The first-order valence-electron chi connectivity index (χ1n) is 4.54. The third-order valence-corrected chi connectivity index (χ3v) is 5.33. The molecule has 0 saturated carbocycles. The molecule has 0 fully saturated rings. The Labute approximate surface area is 103 Å². The molecule has 74 valence electrons. The molecule has 0 aromatic heterocycles. The second-order valence-electron chi connectivity index (χ2n) is 3.20. The minimum atomic E-state index is -0.121. The van der Waals surface area contributed by atoms with Gasteiger partial charge in [-0.3, -0.25) is 0 Å². The highest BCUT2D eigenvalue weighted by molar-refractivity contribution is 6.30. The molecular weight excluding hydrogens is 322 g/mol. The monoisotopic (exact) mass is 329 g/mol. The van der Waals surface area contributed by atoms with Gasteiger partial charge < -0.3 is 4.74 Å². The Morgan fingerprint density at radius 1 is 0.933 bits per heavy atom. The number of benzene rings is 2. The van der Waals surface area contributed by atoms with E-state index in [1.165, 1.54) is 7.14 Å². The smallest absolute Gasteiger partial charge is 0.366 e. The molecule has 1 heterocycles. The highest BCUT2D eigenvalue weighted by atomic mass is 127. The van der Waals surface area contributed by atoms with Gasteiger partial charge in [-0.25, -0.2) is 0 Å². The van der Waals surface area contributed by atoms with Crippen molar-refractivity contribution in [1.29, 1.82) is 0 Å². The first-order chi connectivity index (χ1) is 7.33. The maximum absolute atomic E-state index is 5.94. The molecule has 3 rings (SSSR count). The van der Waals surface area contributed by atoms with E-state index in [4.69, 9.17) is 16.3 Å². The highest BCUT2D eigenvalue weighted by Crippen LogP contribution is 2.26. The second kappa shape index (κ2) is 3.68. The first-order valence-corrected chi connectivity index (χ1v) is 7.08. The predicted octanol–water partition coefficient (Wildman–Crippen LogP) is 0.574. The van der Waals surface area contributed by atoms with Crippen molar-refractivity contribution >= 4 is 11.6 Å². The van der Waals surface area contributed by atoms with Crippen LogP contribution in [0.3, 0.4) is 0 Å². The van der Waals surface area contributed by atoms with Crippen molar-refractivity contribution < 1.29 is 25.9 Å². The molecule has 0 aliphatic carbocycles. The third kappa shape index (κ3) is 1.72. The number of hydrogen-bond acceptors (Lipinski definition) is 1. The van der Waals surface area contributed by atoms with Gasteiger partial charge in [0.2, 0.25) is 7.14 Å². The molecular formula is C12H7ClIO+. The van der Waals surface area contributed by atoms with Crippen molar-refractivity contribution in [3.63, 3.8) is 0 Å². The number of para-hydroxylation sites is 1. The first kappa shape index (κ1) is 9.48. The molecule has 0 unspecified atom stereocenters. The summed E-state index contributed by atoms with van der Waals surface area (Å²) in [5, 5.41) is 0.733. The van der Waals surface area contributed by atoms with Crippen LogP contribution in [0, 0.1) is 7.14 Å². The van der Waals surface area contributed by atoms with Crippen LogP contribution in [0.1, 0.15) is 0 Å². The van der Waals surface area contributed by atoms with Crippen LogP contribution >= 0.6 is 11.6 Å². The van der Waals surface area contributed by atoms with Gasteiger partial charge in [-0.1, -0.05) is 23.7 Å². The Kier molecular flexibility index (Phi) is 2.33. The number of rotatable bonds is 0. The highest BCUT2D eigenvalue weighted by Gasteiger charge is 2.30. The molecule has 0 spiro atoms. The SMILES string of the molecule is Clc1ccc2c(c1)Oc1ccccc1[I+]2. The molecule has 2 aromatic rings. The predicted molar refractivity (Wildman–Crippen MR) is 55.4 cm³/mol. The minimum Gasteiger partial charge on any atom is -0.448 e. The zero-order valence-corrected chi connectivity index (χ0v) is 10.6. The quantitative estimate of drug-likeness (QED) is 0.548. The summed E-state index contributed by atoms with van der Waals surface area (Å²) in [5.41, 5.74) is 0. The van der Waals surface area contributed by atoms with Crippen LogP contribution in [0.2, 0.25) is 5.02 Å². The Morgan fingerprint density at radius 2 is 1.73 bits per heavy atom. The largest absolute Gasteiger partial charge is 0.448 e. The molecule has 0 N–H and O–H groups in total. The maximum Gasteiger partial charge on any atom is 0.366 e. The molecule has 2 aromatic carbocycles. The summed E-state index contributed by atoms with van der Waals surface area (Å²) in [6.07, 6.45) is 0.